The molecule has 0 aliphatic carbocycles. The lowest BCUT2D eigenvalue weighted by Gasteiger charge is -2.13. The highest BCUT2D eigenvalue weighted by atomic mass is 32.2. The Labute approximate surface area is 171 Å². The van der Waals surface area contributed by atoms with Gasteiger partial charge in [0.05, 0.1) is 17.7 Å². The van der Waals surface area contributed by atoms with E-state index in [2.05, 4.69) is 9.97 Å². The summed E-state index contributed by atoms with van der Waals surface area (Å²) in [6, 6.07) is 7.08. The third-order valence-electron chi connectivity index (χ3n) is 4.25. The predicted molar refractivity (Wildman–Crippen MR) is 114 cm³/mol. The number of para-hydroxylation sites is 2. The zero-order chi connectivity index (χ0) is 20.3. The molecule has 0 amide bonds. The first kappa shape index (κ1) is 20.4. The number of thioether (sulfide) groups is 1. The minimum atomic E-state index is -0.428. The molecule has 3 rings (SSSR count). The van der Waals surface area contributed by atoms with Crippen LogP contribution in [0.15, 0.2) is 29.1 Å². The molecule has 148 valence electrons. The molecule has 0 fully saturated rings. The molecule has 0 aliphatic rings. The Morgan fingerprint density at radius 2 is 2.00 bits per heavy atom. The van der Waals surface area contributed by atoms with Crippen molar-refractivity contribution in [3.63, 3.8) is 0 Å². The highest BCUT2D eigenvalue weighted by Gasteiger charge is 2.19. The maximum atomic E-state index is 12.4. The number of H-pyrrole nitrogens is 1. The summed E-state index contributed by atoms with van der Waals surface area (Å²) in [4.78, 5) is 34.0. The third-order valence-corrected chi connectivity index (χ3v) is 6.48. The van der Waals surface area contributed by atoms with E-state index in [1.54, 1.807) is 25.1 Å². The number of rotatable bonds is 7. The molecular weight excluding hydrogens is 396 g/mol. The quantitative estimate of drug-likeness (QED) is 0.457. The Balaban J connectivity index is 1.67. The van der Waals surface area contributed by atoms with Gasteiger partial charge < -0.3 is 14.5 Å². The number of aromatic nitrogens is 2. The first-order valence-corrected chi connectivity index (χ1v) is 10.8. The summed E-state index contributed by atoms with van der Waals surface area (Å²) >= 11 is 2.87. The van der Waals surface area contributed by atoms with Crippen LogP contribution in [-0.2, 0) is 10.5 Å². The maximum Gasteiger partial charge on any atom is 0.324 e. The zero-order valence-electron chi connectivity index (χ0n) is 16.2. The highest BCUT2D eigenvalue weighted by Crippen LogP contribution is 2.29. The highest BCUT2D eigenvalue weighted by molar-refractivity contribution is 7.99. The van der Waals surface area contributed by atoms with Gasteiger partial charge in [0.15, 0.2) is 11.5 Å². The van der Waals surface area contributed by atoms with E-state index < -0.39 is 5.25 Å². The summed E-state index contributed by atoms with van der Waals surface area (Å²) in [6.45, 7) is 8.04. The van der Waals surface area contributed by atoms with Crippen molar-refractivity contribution in [2.75, 3.05) is 6.61 Å². The monoisotopic (exact) mass is 418 g/mol. The van der Waals surface area contributed by atoms with Gasteiger partial charge >= 0.3 is 5.97 Å². The van der Waals surface area contributed by atoms with Crippen LogP contribution >= 0.6 is 23.1 Å². The summed E-state index contributed by atoms with van der Waals surface area (Å²) in [5.74, 6) is 1.53. The Hall–Kier alpha value is -2.32. The van der Waals surface area contributed by atoms with Crippen LogP contribution in [-0.4, -0.2) is 27.8 Å². The first-order valence-electron chi connectivity index (χ1n) is 8.94. The van der Waals surface area contributed by atoms with E-state index in [1.807, 2.05) is 26.8 Å². The summed E-state index contributed by atoms with van der Waals surface area (Å²) in [5.41, 5.74) is 0.834. The molecule has 8 heteroatoms. The minimum absolute atomic E-state index is 0.136. The van der Waals surface area contributed by atoms with Gasteiger partial charge in [0.1, 0.15) is 15.9 Å². The van der Waals surface area contributed by atoms with Crippen LogP contribution in [0.1, 0.15) is 30.1 Å². The topological polar surface area (TPSA) is 81.3 Å². The van der Waals surface area contributed by atoms with Crippen LogP contribution in [0.25, 0.3) is 10.2 Å². The second-order valence-electron chi connectivity index (χ2n) is 6.23. The van der Waals surface area contributed by atoms with Crippen molar-refractivity contribution in [1.29, 1.82) is 0 Å². The van der Waals surface area contributed by atoms with Crippen LogP contribution < -0.4 is 15.0 Å². The molecule has 1 aromatic carbocycles. The van der Waals surface area contributed by atoms with Crippen LogP contribution in [0, 0.1) is 13.8 Å². The van der Waals surface area contributed by atoms with E-state index in [1.165, 1.54) is 23.1 Å². The molecule has 2 heterocycles. The van der Waals surface area contributed by atoms with Crippen LogP contribution in [0.2, 0.25) is 0 Å². The number of nitrogens with zero attached hydrogens (tertiary/aromatic N) is 1. The fourth-order valence-corrected chi connectivity index (χ4v) is 4.42. The Morgan fingerprint density at radius 1 is 1.29 bits per heavy atom. The van der Waals surface area contributed by atoms with Gasteiger partial charge in [-0.05, 0) is 45.4 Å². The molecule has 0 saturated heterocycles. The standard InChI is InChI=1S/C20H22N2O4S2/c1-5-25-14-8-6-7-9-15(14)26-20(24)13(4)27-10-16-21-18(23)17-11(2)12(3)28-19(17)22-16/h6-9,13H,5,10H2,1-4H3,(H,21,22,23). The zero-order valence-corrected chi connectivity index (χ0v) is 17.8. The van der Waals surface area contributed by atoms with Crippen LogP contribution in [0.5, 0.6) is 11.5 Å². The molecule has 0 spiro atoms. The number of carbonyl (C=O) groups excluding carboxylic acids is 1. The second kappa shape index (κ2) is 8.79. The predicted octanol–water partition coefficient (Wildman–Crippen LogP) is 4.23. The molecule has 0 bridgehead atoms. The smallest absolute Gasteiger partial charge is 0.324 e. The number of hydrogen-bond donors (Lipinski definition) is 1. The fourth-order valence-electron chi connectivity index (χ4n) is 2.64. The van der Waals surface area contributed by atoms with Crippen molar-refractivity contribution in [3.8, 4) is 11.5 Å². The molecule has 0 saturated carbocycles. The molecule has 1 atom stereocenters. The number of carbonyl (C=O) groups is 1. The van der Waals surface area contributed by atoms with E-state index in [9.17, 15) is 9.59 Å². The van der Waals surface area contributed by atoms with Crippen LogP contribution in [0.4, 0.5) is 0 Å². The second-order valence-corrected chi connectivity index (χ2v) is 8.76. The summed E-state index contributed by atoms with van der Waals surface area (Å²) in [7, 11) is 0. The molecule has 28 heavy (non-hydrogen) atoms. The molecule has 6 nitrogen and oxygen atoms in total. The van der Waals surface area contributed by atoms with Crippen molar-refractivity contribution in [2.45, 2.75) is 38.7 Å². The van der Waals surface area contributed by atoms with Gasteiger partial charge in [0.25, 0.3) is 5.56 Å². The van der Waals surface area contributed by atoms with Gasteiger partial charge in [0, 0.05) is 4.88 Å². The number of aryl methyl sites for hydroxylation is 2. The van der Waals surface area contributed by atoms with Crippen molar-refractivity contribution in [3.05, 3.63) is 50.9 Å². The number of fused-ring (bicyclic) bond motifs is 1. The molecule has 0 aliphatic heterocycles. The lowest BCUT2D eigenvalue weighted by atomic mass is 10.2. The number of hydrogen-bond acceptors (Lipinski definition) is 7. The summed E-state index contributed by atoms with van der Waals surface area (Å²) in [6.07, 6.45) is 0. The Bertz CT molecular complexity index is 1060. The number of benzene rings is 1. The largest absolute Gasteiger partial charge is 0.490 e. The van der Waals surface area contributed by atoms with Crippen LogP contribution in [0.3, 0.4) is 0 Å². The number of nitrogens with one attached hydrogen (secondary N) is 1. The van der Waals surface area contributed by atoms with Crippen molar-refractivity contribution >= 4 is 39.3 Å². The Morgan fingerprint density at radius 3 is 2.71 bits per heavy atom. The molecule has 2 aromatic heterocycles. The van der Waals surface area contributed by atoms with Crippen molar-refractivity contribution < 1.29 is 14.3 Å². The number of aromatic amines is 1. The molecule has 1 N–H and O–H groups in total. The van der Waals surface area contributed by atoms with Gasteiger partial charge in [-0.15, -0.1) is 23.1 Å². The third kappa shape index (κ3) is 4.39. The summed E-state index contributed by atoms with van der Waals surface area (Å²) < 4.78 is 11.0. The number of ether oxygens (including phenoxy) is 2. The average molecular weight is 419 g/mol. The number of esters is 1. The van der Waals surface area contributed by atoms with Gasteiger partial charge in [-0.3, -0.25) is 9.59 Å². The molecule has 0 radical (unpaired) electrons. The van der Waals surface area contributed by atoms with E-state index in [0.29, 0.717) is 35.1 Å². The van der Waals surface area contributed by atoms with Gasteiger partial charge in [-0.25, -0.2) is 4.98 Å². The summed E-state index contributed by atoms with van der Waals surface area (Å²) in [5, 5.41) is 0.221. The van der Waals surface area contributed by atoms with E-state index >= 15 is 0 Å². The minimum Gasteiger partial charge on any atom is -0.490 e. The van der Waals surface area contributed by atoms with Crippen molar-refractivity contribution in [2.24, 2.45) is 0 Å². The first-order chi connectivity index (χ1) is 13.4. The van der Waals surface area contributed by atoms with Gasteiger partial charge in [0.2, 0.25) is 0 Å². The lowest BCUT2D eigenvalue weighted by molar-refractivity contribution is -0.133. The average Bonchev–Trinajstić information content (AvgIpc) is 2.95. The normalized spacial score (nSPS) is 12.1. The molecular formula is C20H22N2O4S2. The van der Waals surface area contributed by atoms with Crippen molar-refractivity contribution in [1.82, 2.24) is 9.97 Å². The lowest BCUT2D eigenvalue weighted by Crippen LogP contribution is -2.21. The van der Waals surface area contributed by atoms with E-state index in [4.69, 9.17) is 9.47 Å². The molecule has 1 unspecified atom stereocenters. The molecule has 3 aromatic rings. The van der Waals surface area contributed by atoms with E-state index in [0.717, 1.165) is 15.3 Å². The van der Waals surface area contributed by atoms with Gasteiger partial charge in [-0.2, -0.15) is 0 Å². The Kier molecular flexibility index (Phi) is 6.41. The number of thiophene rings is 1. The van der Waals surface area contributed by atoms with E-state index in [-0.39, 0.29) is 11.5 Å². The fraction of sp³-hybridized carbons (Fsp3) is 0.350. The maximum absolute atomic E-state index is 12.4. The SMILES string of the molecule is CCOc1ccccc1OC(=O)C(C)SCc1nc2sc(C)c(C)c2c(=O)[nH]1. The van der Waals surface area contributed by atoms with Gasteiger partial charge in [-0.1, -0.05) is 12.1 Å².